The van der Waals surface area contributed by atoms with Crippen LogP contribution in [0, 0.1) is 5.82 Å². The lowest BCUT2D eigenvalue weighted by molar-refractivity contribution is -0.139. The molecule has 190 valence electrons. The number of H-pyrrole nitrogens is 1. The predicted molar refractivity (Wildman–Crippen MR) is 135 cm³/mol. The second kappa shape index (κ2) is 10.1. The number of nitrogens with zero attached hydrogens (tertiary/aromatic N) is 2. The first-order chi connectivity index (χ1) is 17.1. The Morgan fingerprint density at radius 1 is 1.25 bits per heavy atom. The number of aromatic amines is 1. The molecule has 1 aromatic carbocycles. The molecule has 4 rings (SSSR count). The molecule has 0 spiro atoms. The van der Waals surface area contributed by atoms with Crippen molar-refractivity contribution >= 4 is 30.8 Å². The fourth-order valence-corrected chi connectivity index (χ4v) is 5.69. The maximum absolute atomic E-state index is 14.8. The molecule has 0 aliphatic carbocycles. The van der Waals surface area contributed by atoms with Crippen molar-refractivity contribution in [2.75, 3.05) is 18.5 Å². The minimum atomic E-state index is -1.89. The van der Waals surface area contributed by atoms with Crippen molar-refractivity contribution in [1.29, 1.82) is 0 Å². The van der Waals surface area contributed by atoms with E-state index in [1.54, 1.807) is 24.3 Å². The molecular formula is C25H29FN4O5Si. The topological polar surface area (TPSA) is 118 Å². The number of carbonyl (C=O) groups excluding carboxylic acids is 2. The lowest BCUT2D eigenvalue weighted by Crippen LogP contribution is -2.46. The Hall–Kier alpha value is -3.73. The molecule has 0 saturated carbocycles. The predicted octanol–water partition coefficient (Wildman–Crippen LogP) is 2.75. The summed E-state index contributed by atoms with van der Waals surface area (Å²) in [5.74, 6) is -0.643. The number of benzene rings is 1. The van der Waals surface area contributed by atoms with Gasteiger partial charge in [0, 0.05) is 36.3 Å². The van der Waals surface area contributed by atoms with Crippen molar-refractivity contribution in [3.8, 4) is 5.88 Å². The van der Waals surface area contributed by atoms with E-state index in [9.17, 15) is 18.8 Å². The van der Waals surface area contributed by atoms with Crippen LogP contribution in [0.1, 0.15) is 30.0 Å². The summed E-state index contributed by atoms with van der Waals surface area (Å²) in [4.78, 5) is 44.1. The van der Waals surface area contributed by atoms with Crippen LogP contribution < -0.4 is 20.8 Å². The summed E-state index contributed by atoms with van der Waals surface area (Å²) >= 11 is 0. The second-order valence-electron chi connectivity index (χ2n) is 9.65. The number of aromatic nitrogens is 2. The zero-order valence-corrected chi connectivity index (χ0v) is 21.7. The molecule has 0 saturated heterocycles. The van der Waals surface area contributed by atoms with Crippen molar-refractivity contribution in [3.63, 3.8) is 0 Å². The lowest BCUT2D eigenvalue weighted by atomic mass is 9.95. The van der Waals surface area contributed by atoms with Gasteiger partial charge in [0.1, 0.15) is 17.6 Å². The van der Waals surface area contributed by atoms with Gasteiger partial charge < -0.3 is 19.5 Å². The molecule has 2 N–H and O–H groups in total. The number of nitrogens with one attached hydrogen (secondary N) is 2. The highest BCUT2D eigenvalue weighted by atomic mass is 28.3. The Morgan fingerprint density at radius 3 is 2.67 bits per heavy atom. The monoisotopic (exact) mass is 512 g/mol. The Labute approximate surface area is 208 Å². The number of hydrogen-bond acceptors (Lipinski definition) is 6. The summed E-state index contributed by atoms with van der Waals surface area (Å²) < 4.78 is 25.3. The molecular weight excluding hydrogens is 483 g/mol. The number of rotatable bonds is 7. The molecule has 1 aliphatic heterocycles. The molecule has 0 radical (unpaired) electrons. The zero-order valence-electron chi connectivity index (χ0n) is 20.7. The van der Waals surface area contributed by atoms with Gasteiger partial charge in [0.2, 0.25) is 11.8 Å². The number of halogens is 1. The first kappa shape index (κ1) is 25.4. The van der Waals surface area contributed by atoms with E-state index >= 15 is 0 Å². The number of pyridine rings is 1. The number of anilines is 1. The summed E-state index contributed by atoms with van der Waals surface area (Å²) in [5.41, 5.74) is 1.06. The highest BCUT2D eigenvalue weighted by molar-refractivity contribution is 6.88. The molecule has 0 unspecified atom stereocenters. The third-order valence-electron chi connectivity index (χ3n) is 5.99. The normalized spacial score (nSPS) is 15.4. The van der Waals surface area contributed by atoms with Crippen LogP contribution in [-0.2, 0) is 22.4 Å². The van der Waals surface area contributed by atoms with E-state index in [2.05, 4.69) is 15.5 Å². The molecule has 0 fully saturated rings. The Kier molecular flexibility index (Phi) is 7.11. The van der Waals surface area contributed by atoms with Crippen LogP contribution in [0.2, 0.25) is 19.6 Å². The van der Waals surface area contributed by atoms with Gasteiger partial charge in [-0.3, -0.25) is 14.4 Å². The Balaban J connectivity index is 1.65. The van der Waals surface area contributed by atoms with Crippen LogP contribution in [0.3, 0.4) is 0 Å². The molecule has 2 amide bonds. The smallest absolute Gasteiger partial charge is 0.280 e. The summed E-state index contributed by atoms with van der Waals surface area (Å²) in [6, 6.07) is 8.27. The fraction of sp³-hybridized carbons (Fsp3) is 0.360. The van der Waals surface area contributed by atoms with E-state index in [-0.39, 0.29) is 24.5 Å². The minimum absolute atomic E-state index is 0.170. The van der Waals surface area contributed by atoms with Gasteiger partial charge in [-0.2, -0.15) is 5.16 Å². The van der Waals surface area contributed by atoms with Crippen LogP contribution >= 0.6 is 0 Å². The van der Waals surface area contributed by atoms with Gasteiger partial charge in [0.15, 0.2) is 0 Å². The molecule has 2 aromatic heterocycles. The van der Waals surface area contributed by atoms with Crippen molar-refractivity contribution in [1.82, 2.24) is 15.0 Å². The maximum Gasteiger partial charge on any atom is 0.280 e. The SMILES string of the molecule is CCOc1ccc2c(n1)CCN(C(=O)Cc1cc(=O)[nH]o1)[C@H]2C(=O)Nc1ccc([Si](C)(C)C)c(F)c1. The number of ether oxygens (including phenoxy) is 1. The average molecular weight is 513 g/mol. The van der Waals surface area contributed by atoms with Crippen molar-refractivity contribution in [2.24, 2.45) is 0 Å². The second-order valence-corrected chi connectivity index (χ2v) is 14.7. The molecule has 1 aliphatic rings. The Bertz CT molecular complexity index is 1350. The molecule has 9 nitrogen and oxygen atoms in total. The number of fused-ring (bicyclic) bond motifs is 1. The molecule has 36 heavy (non-hydrogen) atoms. The van der Waals surface area contributed by atoms with E-state index in [0.717, 1.165) is 0 Å². The molecule has 1 atom stereocenters. The lowest BCUT2D eigenvalue weighted by Gasteiger charge is -2.36. The molecule has 3 heterocycles. The van der Waals surface area contributed by atoms with E-state index < -0.39 is 31.5 Å². The van der Waals surface area contributed by atoms with Crippen LogP contribution in [0.5, 0.6) is 5.88 Å². The molecule has 0 bridgehead atoms. The standard InChI is InChI=1S/C25H29FN4O5Si/c1-5-34-22-9-7-17-19(28-22)10-11-30(23(32)14-16-13-21(31)29-35-16)24(17)25(33)27-15-6-8-20(18(26)12-15)36(2,3)4/h6-9,12-13,24H,5,10-11,14H2,1-4H3,(H,27,33)(H,29,31)/t24-/m1/s1. The summed E-state index contributed by atoms with van der Waals surface area (Å²) in [7, 11) is -1.89. The van der Waals surface area contributed by atoms with Gasteiger partial charge in [-0.15, -0.1) is 0 Å². The first-order valence-corrected chi connectivity index (χ1v) is 15.3. The largest absolute Gasteiger partial charge is 0.478 e. The van der Waals surface area contributed by atoms with Crippen molar-refractivity contribution < 1.29 is 23.2 Å². The highest BCUT2D eigenvalue weighted by Gasteiger charge is 2.37. The maximum atomic E-state index is 14.8. The van der Waals surface area contributed by atoms with Gasteiger partial charge in [-0.05, 0) is 30.3 Å². The van der Waals surface area contributed by atoms with Crippen molar-refractivity contribution in [3.05, 3.63) is 69.6 Å². The number of carbonyl (C=O) groups is 2. The zero-order chi connectivity index (χ0) is 26.0. The highest BCUT2D eigenvalue weighted by Crippen LogP contribution is 2.32. The van der Waals surface area contributed by atoms with Crippen molar-refractivity contribution in [2.45, 2.75) is 45.4 Å². The summed E-state index contributed by atoms with van der Waals surface area (Å²) in [5, 5.41) is 5.60. The Morgan fingerprint density at radius 2 is 2.03 bits per heavy atom. The van der Waals surface area contributed by atoms with Crippen LogP contribution in [0.4, 0.5) is 10.1 Å². The van der Waals surface area contributed by atoms with E-state index in [4.69, 9.17) is 9.26 Å². The third-order valence-corrected chi connectivity index (χ3v) is 8.01. The average Bonchev–Trinajstić information content (AvgIpc) is 3.21. The van der Waals surface area contributed by atoms with Gasteiger partial charge in [-0.1, -0.05) is 25.7 Å². The first-order valence-electron chi connectivity index (χ1n) is 11.8. The third kappa shape index (κ3) is 5.40. The number of hydrogen-bond donors (Lipinski definition) is 2. The quantitative estimate of drug-likeness (QED) is 0.470. The minimum Gasteiger partial charge on any atom is -0.478 e. The van der Waals surface area contributed by atoms with E-state index in [1.165, 1.54) is 17.0 Å². The van der Waals surface area contributed by atoms with E-state index in [1.807, 2.05) is 26.6 Å². The van der Waals surface area contributed by atoms with Gasteiger partial charge in [0.25, 0.3) is 11.5 Å². The van der Waals surface area contributed by atoms with Gasteiger partial charge >= 0.3 is 0 Å². The van der Waals surface area contributed by atoms with Gasteiger partial charge in [0.05, 0.1) is 26.8 Å². The van der Waals surface area contributed by atoms with Gasteiger partial charge in [-0.25, -0.2) is 9.37 Å². The van der Waals surface area contributed by atoms with Crippen LogP contribution in [-0.4, -0.2) is 48.1 Å². The molecule has 11 heteroatoms. The van der Waals surface area contributed by atoms with Crippen LogP contribution in [0.15, 0.2) is 45.7 Å². The summed E-state index contributed by atoms with van der Waals surface area (Å²) in [6.07, 6.45) is 0.226. The van der Waals surface area contributed by atoms with E-state index in [0.29, 0.717) is 41.0 Å². The fourth-order valence-electron chi connectivity index (χ4n) is 4.31. The molecule has 3 aromatic rings. The summed E-state index contributed by atoms with van der Waals surface area (Å²) in [6.45, 7) is 8.65. The number of amides is 2. The van der Waals surface area contributed by atoms with Crippen LogP contribution in [0.25, 0.3) is 0 Å².